The van der Waals surface area contributed by atoms with Gasteiger partial charge in [0.2, 0.25) is 0 Å². The number of aromatic nitrogens is 2. The Bertz CT molecular complexity index is 719. The van der Waals surface area contributed by atoms with Gasteiger partial charge in [0, 0.05) is 12.6 Å². The summed E-state index contributed by atoms with van der Waals surface area (Å²) in [7, 11) is 1.53. The molecule has 0 radical (unpaired) electrons. The van der Waals surface area contributed by atoms with Gasteiger partial charge >= 0.3 is 6.09 Å². The Balaban J connectivity index is 2.31. The van der Waals surface area contributed by atoms with E-state index in [9.17, 15) is 9.59 Å². The Morgan fingerprint density at radius 3 is 2.38 bits per heavy atom. The van der Waals surface area contributed by atoms with Crippen LogP contribution in [-0.4, -0.2) is 40.1 Å². The van der Waals surface area contributed by atoms with Crippen molar-refractivity contribution in [3.8, 4) is 11.3 Å². The van der Waals surface area contributed by atoms with Crippen LogP contribution in [0.4, 0.5) is 4.79 Å². The molecular formula is C18H23N3O3. The molecule has 1 amide bonds. The van der Waals surface area contributed by atoms with Gasteiger partial charge in [0.05, 0.1) is 11.4 Å². The molecular weight excluding hydrogens is 306 g/mol. The van der Waals surface area contributed by atoms with Gasteiger partial charge in [0.1, 0.15) is 11.1 Å². The highest BCUT2D eigenvalue weighted by atomic mass is 16.6. The van der Waals surface area contributed by atoms with Crippen molar-refractivity contribution in [2.45, 2.75) is 38.8 Å². The minimum Gasteiger partial charge on any atom is -0.444 e. The third-order valence-corrected chi connectivity index (χ3v) is 3.79. The van der Waals surface area contributed by atoms with Crippen molar-refractivity contribution >= 4 is 12.4 Å². The zero-order chi connectivity index (χ0) is 18.0. The Labute approximate surface area is 141 Å². The van der Waals surface area contributed by atoms with Gasteiger partial charge in [0.15, 0.2) is 6.29 Å². The molecule has 0 aliphatic rings. The number of rotatable bonds is 4. The van der Waals surface area contributed by atoms with Gasteiger partial charge in [-0.3, -0.25) is 10.00 Å². The molecule has 0 saturated heterocycles. The smallest absolute Gasteiger partial charge is 0.411 e. The van der Waals surface area contributed by atoms with Gasteiger partial charge in [-0.15, -0.1) is 0 Å². The Kier molecular flexibility index (Phi) is 4.78. The van der Waals surface area contributed by atoms with Crippen molar-refractivity contribution in [3.05, 3.63) is 42.1 Å². The molecule has 1 N–H and O–H groups in total. The lowest BCUT2D eigenvalue weighted by Gasteiger charge is -2.34. The molecule has 6 nitrogen and oxygen atoms in total. The van der Waals surface area contributed by atoms with E-state index in [2.05, 4.69) is 10.2 Å². The molecule has 128 valence electrons. The predicted octanol–water partition coefficient (Wildman–Crippen LogP) is 3.36. The van der Waals surface area contributed by atoms with Gasteiger partial charge < -0.3 is 9.53 Å². The molecule has 1 aromatic heterocycles. The Hall–Kier alpha value is -2.63. The molecule has 0 saturated carbocycles. The minimum absolute atomic E-state index is 0.518. The van der Waals surface area contributed by atoms with Crippen molar-refractivity contribution in [2.24, 2.45) is 0 Å². The van der Waals surface area contributed by atoms with E-state index >= 15 is 0 Å². The molecule has 6 heteroatoms. The van der Waals surface area contributed by atoms with Gasteiger partial charge in [-0.25, -0.2) is 4.79 Å². The lowest BCUT2D eigenvalue weighted by Crippen LogP contribution is -2.48. The number of nitrogens with one attached hydrogen (secondary N) is 1. The van der Waals surface area contributed by atoms with Crippen LogP contribution in [0, 0.1) is 0 Å². The number of aldehydes is 1. The largest absolute Gasteiger partial charge is 0.444 e. The van der Waals surface area contributed by atoms with Crippen LogP contribution in [0.25, 0.3) is 11.3 Å². The SMILES string of the molecule is CN(C(=O)OC(C)(C)C)C(C)(C=O)c1cc(-c2ccccc2)n[nH]1. The molecule has 24 heavy (non-hydrogen) atoms. The van der Waals surface area contributed by atoms with Crippen molar-refractivity contribution in [1.29, 1.82) is 0 Å². The van der Waals surface area contributed by atoms with E-state index in [0.29, 0.717) is 17.7 Å². The number of likely N-dealkylation sites (N-methyl/N-ethyl adjacent to an activating group) is 1. The molecule has 1 heterocycles. The summed E-state index contributed by atoms with van der Waals surface area (Å²) in [5, 5.41) is 7.12. The number of amides is 1. The molecule has 1 atom stereocenters. The van der Waals surface area contributed by atoms with Crippen molar-refractivity contribution in [3.63, 3.8) is 0 Å². The summed E-state index contributed by atoms with van der Waals surface area (Å²) in [6.07, 6.45) is 0.132. The standard InChI is InChI=1S/C18H23N3O3/c1-17(2,3)24-16(23)21(5)18(4,12-22)15-11-14(19-20-15)13-9-7-6-8-10-13/h6-12H,1-5H3,(H,19,20). The number of H-pyrrole nitrogens is 1. The second-order valence-electron chi connectivity index (χ2n) is 6.84. The summed E-state index contributed by atoms with van der Waals surface area (Å²) >= 11 is 0. The van der Waals surface area contributed by atoms with Gasteiger partial charge in [-0.2, -0.15) is 5.10 Å². The predicted molar refractivity (Wildman–Crippen MR) is 91.4 cm³/mol. The first-order chi connectivity index (χ1) is 11.2. The maximum atomic E-state index is 12.3. The number of ether oxygens (including phenoxy) is 1. The fourth-order valence-electron chi connectivity index (χ4n) is 2.18. The van der Waals surface area contributed by atoms with E-state index in [1.54, 1.807) is 33.8 Å². The van der Waals surface area contributed by atoms with Crippen LogP contribution in [0.1, 0.15) is 33.4 Å². The first-order valence-corrected chi connectivity index (χ1v) is 7.72. The van der Waals surface area contributed by atoms with Gasteiger partial charge in [0.25, 0.3) is 0 Å². The zero-order valence-electron chi connectivity index (χ0n) is 14.7. The summed E-state index contributed by atoms with van der Waals surface area (Å²) < 4.78 is 5.35. The molecule has 0 aliphatic carbocycles. The topological polar surface area (TPSA) is 75.3 Å². The molecule has 0 aliphatic heterocycles. The number of benzene rings is 1. The average Bonchev–Trinajstić information content (AvgIpc) is 3.03. The van der Waals surface area contributed by atoms with Crippen LogP contribution in [-0.2, 0) is 15.1 Å². The summed E-state index contributed by atoms with van der Waals surface area (Å²) in [6.45, 7) is 6.98. The van der Waals surface area contributed by atoms with Crippen molar-refractivity contribution < 1.29 is 14.3 Å². The first kappa shape index (κ1) is 17.7. The molecule has 0 bridgehead atoms. The van der Waals surface area contributed by atoms with Crippen LogP contribution >= 0.6 is 0 Å². The fourth-order valence-corrected chi connectivity index (χ4v) is 2.18. The highest BCUT2D eigenvalue weighted by Gasteiger charge is 2.38. The summed E-state index contributed by atoms with van der Waals surface area (Å²) in [5.74, 6) is 0. The van der Waals surface area contributed by atoms with Gasteiger partial charge in [-0.1, -0.05) is 30.3 Å². The number of carbonyl (C=O) groups is 2. The van der Waals surface area contributed by atoms with Crippen molar-refractivity contribution in [1.82, 2.24) is 15.1 Å². The number of hydrogen-bond donors (Lipinski definition) is 1. The maximum Gasteiger partial charge on any atom is 0.411 e. The molecule has 1 aromatic carbocycles. The van der Waals surface area contributed by atoms with E-state index in [4.69, 9.17) is 4.74 Å². The van der Waals surface area contributed by atoms with E-state index in [1.807, 2.05) is 30.3 Å². The molecule has 0 fully saturated rings. The van der Waals surface area contributed by atoms with E-state index < -0.39 is 17.2 Å². The van der Waals surface area contributed by atoms with E-state index in [1.165, 1.54) is 11.9 Å². The second-order valence-corrected chi connectivity index (χ2v) is 6.84. The summed E-state index contributed by atoms with van der Waals surface area (Å²) in [4.78, 5) is 25.4. The van der Waals surface area contributed by atoms with Gasteiger partial charge in [-0.05, 0) is 33.8 Å². The lowest BCUT2D eigenvalue weighted by molar-refractivity contribution is -0.117. The quantitative estimate of drug-likeness (QED) is 0.873. The highest BCUT2D eigenvalue weighted by molar-refractivity contribution is 5.78. The van der Waals surface area contributed by atoms with E-state index in [-0.39, 0.29) is 0 Å². The van der Waals surface area contributed by atoms with Crippen molar-refractivity contribution in [2.75, 3.05) is 7.05 Å². The highest BCUT2D eigenvalue weighted by Crippen LogP contribution is 2.28. The average molecular weight is 329 g/mol. The normalized spacial score (nSPS) is 13.9. The molecule has 0 spiro atoms. The summed E-state index contributed by atoms with van der Waals surface area (Å²) in [6, 6.07) is 11.4. The molecule has 2 aromatic rings. The van der Waals surface area contributed by atoms with Crippen LogP contribution in [0.2, 0.25) is 0 Å². The Morgan fingerprint density at radius 2 is 1.83 bits per heavy atom. The van der Waals surface area contributed by atoms with E-state index in [0.717, 1.165) is 5.56 Å². The number of aromatic amines is 1. The second kappa shape index (κ2) is 6.47. The van der Waals surface area contributed by atoms with Crippen LogP contribution in [0.15, 0.2) is 36.4 Å². The number of carbonyl (C=O) groups excluding carboxylic acids is 2. The molecule has 1 unspecified atom stereocenters. The van der Waals surface area contributed by atoms with Crippen LogP contribution in [0.5, 0.6) is 0 Å². The number of hydrogen-bond acceptors (Lipinski definition) is 4. The summed E-state index contributed by atoms with van der Waals surface area (Å²) in [5.41, 5.74) is 0.301. The Morgan fingerprint density at radius 1 is 1.21 bits per heavy atom. The fraction of sp³-hybridized carbons (Fsp3) is 0.389. The maximum absolute atomic E-state index is 12.3. The van der Waals surface area contributed by atoms with Crippen LogP contribution in [0.3, 0.4) is 0 Å². The minimum atomic E-state index is -1.21. The molecule has 2 rings (SSSR count). The monoisotopic (exact) mass is 329 g/mol. The zero-order valence-corrected chi connectivity index (χ0v) is 14.7. The first-order valence-electron chi connectivity index (χ1n) is 7.72. The number of nitrogens with zero attached hydrogens (tertiary/aromatic N) is 2. The van der Waals surface area contributed by atoms with Crippen LogP contribution < -0.4 is 0 Å². The lowest BCUT2D eigenvalue weighted by atomic mass is 9.97. The third kappa shape index (κ3) is 3.64. The third-order valence-electron chi connectivity index (χ3n) is 3.79.